The number of pyridine rings is 1. The number of Topliss-reactive ketones (excluding diaryl/α,β-unsaturated/α-hetero) is 1. The maximum absolute atomic E-state index is 13.2. The Labute approximate surface area is 200 Å². The first-order valence-corrected chi connectivity index (χ1v) is 11.0. The standard InChI is InChI=1S/C26H21N3O6/c1-15-10-19-11-18(7-8-21(19)35-15)24(30)22-23(17-5-2-6-20(12-17)29(33)34)28(26(32)25(22)31)14-16-4-3-9-27-13-16/h2-9,11-13,15,23,30H,10,14H2,1H3/b24-22+. The third kappa shape index (κ3) is 4.01. The largest absolute Gasteiger partial charge is 0.507 e. The van der Waals surface area contributed by atoms with E-state index in [1.54, 1.807) is 48.8 Å². The van der Waals surface area contributed by atoms with Gasteiger partial charge in [0.2, 0.25) is 0 Å². The Morgan fingerprint density at radius 1 is 1.20 bits per heavy atom. The average molecular weight is 471 g/mol. The van der Waals surface area contributed by atoms with Crippen LogP contribution in [0.4, 0.5) is 5.69 Å². The van der Waals surface area contributed by atoms with Gasteiger partial charge < -0.3 is 14.7 Å². The van der Waals surface area contributed by atoms with Crippen LogP contribution in [0.5, 0.6) is 5.75 Å². The Morgan fingerprint density at radius 3 is 2.77 bits per heavy atom. The van der Waals surface area contributed by atoms with Crippen LogP contribution in [-0.4, -0.2) is 37.7 Å². The second-order valence-electron chi connectivity index (χ2n) is 8.60. The number of carbonyl (C=O) groups is 2. The summed E-state index contributed by atoms with van der Waals surface area (Å²) < 4.78 is 5.72. The van der Waals surface area contributed by atoms with Crippen molar-refractivity contribution in [3.8, 4) is 5.75 Å². The third-order valence-electron chi connectivity index (χ3n) is 6.18. The molecule has 2 atom stereocenters. The first kappa shape index (κ1) is 22.3. The molecule has 1 N–H and O–H groups in total. The van der Waals surface area contributed by atoms with E-state index < -0.39 is 22.7 Å². The maximum Gasteiger partial charge on any atom is 0.295 e. The predicted octanol–water partition coefficient (Wildman–Crippen LogP) is 3.94. The van der Waals surface area contributed by atoms with Gasteiger partial charge in [-0.2, -0.15) is 0 Å². The molecule has 9 nitrogen and oxygen atoms in total. The first-order valence-electron chi connectivity index (χ1n) is 11.0. The molecule has 35 heavy (non-hydrogen) atoms. The number of nitrogens with zero attached hydrogens (tertiary/aromatic N) is 3. The molecule has 0 aliphatic carbocycles. The topological polar surface area (TPSA) is 123 Å². The van der Waals surface area contributed by atoms with Crippen LogP contribution >= 0.6 is 0 Å². The number of benzene rings is 2. The van der Waals surface area contributed by atoms with E-state index in [2.05, 4.69) is 4.98 Å². The molecule has 1 aromatic heterocycles. The van der Waals surface area contributed by atoms with Crippen LogP contribution in [0.2, 0.25) is 0 Å². The highest BCUT2D eigenvalue weighted by Gasteiger charge is 2.46. The van der Waals surface area contributed by atoms with Gasteiger partial charge in [-0.3, -0.25) is 24.7 Å². The quantitative estimate of drug-likeness (QED) is 0.197. The highest BCUT2D eigenvalue weighted by Crippen LogP contribution is 2.42. The molecule has 5 rings (SSSR count). The molecule has 1 fully saturated rings. The number of ketones is 1. The number of nitro benzene ring substituents is 1. The van der Waals surface area contributed by atoms with E-state index in [0.717, 1.165) is 5.56 Å². The highest BCUT2D eigenvalue weighted by molar-refractivity contribution is 6.46. The zero-order valence-corrected chi connectivity index (χ0v) is 18.7. The summed E-state index contributed by atoms with van der Waals surface area (Å²) in [6.45, 7) is 1.98. The number of likely N-dealkylation sites (tertiary alicyclic amines) is 1. The van der Waals surface area contributed by atoms with Crippen molar-refractivity contribution < 1.29 is 24.4 Å². The third-order valence-corrected chi connectivity index (χ3v) is 6.18. The van der Waals surface area contributed by atoms with Gasteiger partial charge in [0, 0.05) is 43.1 Å². The lowest BCUT2D eigenvalue weighted by atomic mass is 9.94. The van der Waals surface area contributed by atoms with E-state index in [9.17, 15) is 24.8 Å². The first-order chi connectivity index (χ1) is 16.8. The van der Waals surface area contributed by atoms with Crippen LogP contribution in [-0.2, 0) is 22.6 Å². The number of nitro groups is 1. The fourth-order valence-electron chi connectivity index (χ4n) is 4.61. The van der Waals surface area contributed by atoms with Crippen molar-refractivity contribution in [1.29, 1.82) is 0 Å². The van der Waals surface area contributed by atoms with Crippen molar-refractivity contribution in [2.75, 3.05) is 0 Å². The van der Waals surface area contributed by atoms with Crippen molar-refractivity contribution in [3.05, 3.63) is 105 Å². The summed E-state index contributed by atoms with van der Waals surface area (Å²) >= 11 is 0. The van der Waals surface area contributed by atoms with E-state index in [0.29, 0.717) is 28.9 Å². The van der Waals surface area contributed by atoms with Gasteiger partial charge in [-0.1, -0.05) is 18.2 Å². The van der Waals surface area contributed by atoms with Crippen LogP contribution < -0.4 is 4.74 Å². The molecule has 1 saturated heterocycles. The minimum atomic E-state index is -1.02. The molecule has 2 aliphatic rings. The number of hydrogen-bond acceptors (Lipinski definition) is 7. The van der Waals surface area contributed by atoms with Gasteiger partial charge >= 0.3 is 0 Å². The Hall–Kier alpha value is -4.53. The molecule has 0 bridgehead atoms. The van der Waals surface area contributed by atoms with Crippen molar-refractivity contribution in [1.82, 2.24) is 9.88 Å². The number of rotatable bonds is 5. The number of hydrogen-bond donors (Lipinski definition) is 1. The second-order valence-corrected chi connectivity index (χ2v) is 8.60. The van der Waals surface area contributed by atoms with Crippen LogP contribution in [0.25, 0.3) is 5.76 Å². The zero-order chi connectivity index (χ0) is 24.7. The molecule has 0 radical (unpaired) electrons. The van der Waals surface area contributed by atoms with Gasteiger partial charge in [0.1, 0.15) is 17.6 Å². The van der Waals surface area contributed by atoms with Gasteiger partial charge in [0.15, 0.2) is 0 Å². The van der Waals surface area contributed by atoms with Crippen molar-refractivity contribution in [2.45, 2.75) is 32.0 Å². The number of aromatic nitrogens is 1. The monoisotopic (exact) mass is 471 g/mol. The van der Waals surface area contributed by atoms with Gasteiger partial charge in [0.05, 0.1) is 16.5 Å². The number of amides is 1. The van der Waals surface area contributed by atoms with Crippen molar-refractivity contribution >= 4 is 23.1 Å². The van der Waals surface area contributed by atoms with E-state index in [-0.39, 0.29) is 29.7 Å². The summed E-state index contributed by atoms with van der Waals surface area (Å²) in [6.07, 6.45) is 3.82. The summed E-state index contributed by atoms with van der Waals surface area (Å²) in [5, 5.41) is 22.7. The molecule has 176 valence electrons. The number of ether oxygens (including phenoxy) is 1. The summed E-state index contributed by atoms with van der Waals surface area (Å²) in [4.78, 5) is 42.6. The molecule has 2 aliphatic heterocycles. The molecule has 3 heterocycles. The molecular weight excluding hydrogens is 450 g/mol. The highest BCUT2D eigenvalue weighted by atomic mass is 16.6. The normalized spacial score (nSPS) is 20.5. The Bertz CT molecular complexity index is 1380. The average Bonchev–Trinajstić information content (AvgIpc) is 3.35. The Morgan fingerprint density at radius 2 is 2.03 bits per heavy atom. The lowest BCUT2D eigenvalue weighted by Crippen LogP contribution is -2.29. The fourth-order valence-corrected chi connectivity index (χ4v) is 4.61. The summed E-state index contributed by atoms with van der Waals surface area (Å²) in [6, 6.07) is 13.3. The minimum absolute atomic E-state index is 0.00248. The molecule has 0 saturated carbocycles. The van der Waals surface area contributed by atoms with Gasteiger partial charge in [0.25, 0.3) is 17.4 Å². The number of aliphatic hydroxyl groups excluding tert-OH is 1. The maximum atomic E-state index is 13.2. The van der Waals surface area contributed by atoms with Crippen LogP contribution in [0.15, 0.2) is 72.6 Å². The summed E-state index contributed by atoms with van der Waals surface area (Å²) in [7, 11) is 0. The number of non-ortho nitro benzene ring substituents is 1. The van der Waals surface area contributed by atoms with Crippen LogP contribution in [0, 0.1) is 10.1 Å². The number of carbonyl (C=O) groups excluding carboxylic acids is 2. The van der Waals surface area contributed by atoms with Gasteiger partial charge in [-0.05, 0) is 47.9 Å². The molecule has 0 spiro atoms. The molecule has 2 unspecified atom stereocenters. The van der Waals surface area contributed by atoms with E-state index in [1.807, 2.05) is 6.92 Å². The summed E-state index contributed by atoms with van der Waals surface area (Å²) in [5.41, 5.74) is 1.98. The lowest BCUT2D eigenvalue weighted by Gasteiger charge is -2.25. The van der Waals surface area contributed by atoms with Crippen molar-refractivity contribution in [2.24, 2.45) is 0 Å². The Balaban J connectivity index is 1.65. The molecule has 2 aromatic carbocycles. The van der Waals surface area contributed by atoms with Crippen molar-refractivity contribution in [3.63, 3.8) is 0 Å². The number of fused-ring (bicyclic) bond motifs is 1. The Kier molecular flexibility index (Phi) is 5.52. The molecule has 3 aromatic rings. The smallest absolute Gasteiger partial charge is 0.295 e. The SMILES string of the molecule is CC1Cc2cc(/C(O)=C3\C(=O)C(=O)N(Cc4cccnc4)C3c3cccc([N+](=O)[O-])c3)ccc2O1. The van der Waals surface area contributed by atoms with E-state index >= 15 is 0 Å². The predicted molar refractivity (Wildman–Crippen MR) is 125 cm³/mol. The molecule has 9 heteroatoms. The van der Waals surface area contributed by atoms with Crippen LogP contribution in [0.3, 0.4) is 0 Å². The lowest BCUT2D eigenvalue weighted by molar-refractivity contribution is -0.384. The summed E-state index contributed by atoms with van der Waals surface area (Å²) in [5.74, 6) is -1.28. The van der Waals surface area contributed by atoms with E-state index in [1.165, 1.54) is 23.1 Å². The van der Waals surface area contributed by atoms with Crippen LogP contribution in [0.1, 0.15) is 35.2 Å². The zero-order valence-electron chi connectivity index (χ0n) is 18.7. The fraction of sp³-hybridized carbons (Fsp3) is 0.192. The number of aliphatic hydroxyl groups is 1. The molecular formula is C26H21N3O6. The van der Waals surface area contributed by atoms with E-state index in [4.69, 9.17) is 4.74 Å². The minimum Gasteiger partial charge on any atom is -0.507 e. The van der Waals surface area contributed by atoms with Gasteiger partial charge in [-0.25, -0.2) is 0 Å². The van der Waals surface area contributed by atoms with Gasteiger partial charge in [-0.15, -0.1) is 0 Å². The second kappa shape index (κ2) is 8.68. The molecule has 1 amide bonds.